The van der Waals surface area contributed by atoms with Crippen molar-refractivity contribution in [3.8, 4) is 11.5 Å². The molecule has 2 aromatic carbocycles. The Hall–Kier alpha value is -1.94. The Kier molecular flexibility index (Phi) is 4.91. The lowest BCUT2D eigenvalue weighted by Crippen LogP contribution is -2.03. The quantitative estimate of drug-likeness (QED) is 0.887. The van der Waals surface area contributed by atoms with E-state index in [4.69, 9.17) is 21.1 Å². The van der Waals surface area contributed by atoms with Crippen molar-refractivity contribution in [3.05, 3.63) is 52.3 Å². The first-order valence-corrected chi connectivity index (χ1v) is 6.83. The molecule has 0 radical (unpaired) electrons. The van der Waals surface area contributed by atoms with Crippen LogP contribution in [0.4, 0.5) is 10.1 Å². The van der Waals surface area contributed by atoms with E-state index in [9.17, 15) is 4.39 Å². The highest BCUT2D eigenvalue weighted by Gasteiger charge is 2.08. The maximum atomic E-state index is 13.4. The highest BCUT2D eigenvalue weighted by atomic mass is 35.5. The summed E-state index contributed by atoms with van der Waals surface area (Å²) in [5.41, 5.74) is 2.73. The zero-order valence-electron chi connectivity index (χ0n) is 12.2. The van der Waals surface area contributed by atoms with Gasteiger partial charge in [0.1, 0.15) is 5.82 Å². The number of hydrogen-bond acceptors (Lipinski definition) is 3. The number of benzene rings is 2. The number of hydrogen-bond donors (Lipinski definition) is 1. The van der Waals surface area contributed by atoms with Gasteiger partial charge in [-0.1, -0.05) is 17.7 Å². The number of rotatable bonds is 5. The highest BCUT2D eigenvalue weighted by molar-refractivity contribution is 6.30. The summed E-state index contributed by atoms with van der Waals surface area (Å²) >= 11 is 5.67. The standard InChI is InChI=1S/C16H17ClFNO2/c1-10-6-15(20-2)16(21-3)8-14(10)19-9-11-4-5-12(17)13(18)7-11/h4-8,19H,9H2,1-3H3. The third kappa shape index (κ3) is 3.58. The van der Waals surface area contributed by atoms with Crippen molar-refractivity contribution in [1.82, 2.24) is 0 Å². The van der Waals surface area contributed by atoms with E-state index in [-0.39, 0.29) is 5.02 Å². The first kappa shape index (κ1) is 15.4. The third-order valence-electron chi connectivity index (χ3n) is 3.20. The van der Waals surface area contributed by atoms with Gasteiger partial charge in [-0.25, -0.2) is 4.39 Å². The Balaban J connectivity index is 2.17. The molecule has 21 heavy (non-hydrogen) atoms. The fourth-order valence-electron chi connectivity index (χ4n) is 2.02. The summed E-state index contributed by atoms with van der Waals surface area (Å²) in [4.78, 5) is 0. The van der Waals surface area contributed by atoms with Crippen molar-refractivity contribution >= 4 is 17.3 Å². The van der Waals surface area contributed by atoms with Crippen molar-refractivity contribution < 1.29 is 13.9 Å². The number of aryl methyl sites for hydroxylation is 1. The Morgan fingerprint density at radius 2 is 1.76 bits per heavy atom. The summed E-state index contributed by atoms with van der Waals surface area (Å²) in [6.45, 7) is 2.46. The van der Waals surface area contributed by atoms with Crippen LogP contribution in [0.1, 0.15) is 11.1 Å². The lowest BCUT2D eigenvalue weighted by atomic mass is 10.1. The minimum Gasteiger partial charge on any atom is -0.493 e. The number of anilines is 1. The van der Waals surface area contributed by atoms with Crippen LogP contribution < -0.4 is 14.8 Å². The normalized spacial score (nSPS) is 10.3. The molecule has 112 valence electrons. The van der Waals surface area contributed by atoms with Gasteiger partial charge in [-0.05, 0) is 36.2 Å². The van der Waals surface area contributed by atoms with Crippen molar-refractivity contribution in [1.29, 1.82) is 0 Å². The van der Waals surface area contributed by atoms with E-state index in [1.54, 1.807) is 26.4 Å². The fraction of sp³-hybridized carbons (Fsp3) is 0.250. The molecule has 5 heteroatoms. The predicted molar refractivity (Wildman–Crippen MR) is 83.0 cm³/mol. The van der Waals surface area contributed by atoms with Gasteiger partial charge in [0.2, 0.25) is 0 Å². The predicted octanol–water partition coefficient (Wildman–Crippen LogP) is 4.42. The van der Waals surface area contributed by atoms with Gasteiger partial charge in [-0.15, -0.1) is 0 Å². The molecule has 0 saturated carbocycles. The number of nitrogens with one attached hydrogen (secondary N) is 1. The molecule has 0 fully saturated rings. The Morgan fingerprint density at radius 1 is 1.10 bits per heavy atom. The van der Waals surface area contributed by atoms with Gasteiger partial charge in [-0.3, -0.25) is 0 Å². The fourth-order valence-corrected chi connectivity index (χ4v) is 2.14. The van der Waals surface area contributed by atoms with E-state index in [1.807, 2.05) is 19.1 Å². The summed E-state index contributed by atoms with van der Waals surface area (Å²) < 4.78 is 23.9. The molecule has 0 saturated heterocycles. The summed E-state index contributed by atoms with van der Waals surface area (Å²) in [7, 11) is 3.19. The van der Waals surface area contributed by atoms with E-state index in [0.717, 1.165) is 16.8 Å². The molecular formula is C16H17ClFNO2. The van der Waals surface area contributed by atoms with Gasteiger partial charge in [-0.2, -0.15) is 0 Å². The lowest BCUT2D eigenvalue weighted by molar-refractivity contribution is 0.355. The molecule has 0 atom stereocenters. The smallest absolute Gasteiger partial charge is 0.162 e. The van der Waals surface area contributed by atoms with E-state index < -0.39 is 5.82 Å². The maximum absolute atomic E-state index is 13.4. The minimum atomic E-state index is -0.417. The molecule has 0 spiro atoms. The van der Waals surface area contributed by atoms with Crippen LogP contribution in [-0.4, -0.2) is 14.2 Å². The van der Waals surface area contributed by atoms with Crippen LogP contribution in [0.3, 0.4) is 0 Å². The molecule has 3 nitrogen and oxygen atoms in total. The molecule has 0 aromatic heterocycles. The van der Waals surface area contributed by atoms with Gasteiger partial charge < -0.3 is 14.8 Å². The van der Waals surface area contributed by atoms with Crippen LogP contribution in [-0.2, 0) is 6.54 Å². The van der Waals surface area contributed by atoms with Crippen molar-refractivity contribution in [3.63, 3.8) is 0 Å². The summed E-state index contributed by atoms with van der Waals surface area (Å²) in [5, 5.41) is 3.38. The van der Waals surface area contributed by atoms with E-state index >= 15 is 0 Å². The molecule has 0 unspecified atom stereocenters. The zero-order chi connectivity index (χ0) is 15.4. The third-order valence-corrected chi connectivity index (χ3v) is 3.50. The molecule has 0 bridgehead atoms. The van der Waals surface area contributed by atoms with Gasteiger partial charge in [0.05, 0.1) is 19.2 Å². The van der Waals surface area contributed by atoms with Crippen LogP contribution in [0, 0.1) is 12.7 Å². The molecule has 0 aliphatic rings. The van der Waals surface area contributed by atoms with E-state index in [1.165, 1.54) is 6.07 Å². The molecular weight excluding hydrogens is 293 g/mol. The average Bonchev–Trinajstić information content (AvgIpc) is 2.49. The monoisotopic (exact) mass is 309 g/mol. The van der Waals surface area contributed by atoms with E-state index in [0.29, 0.717) is 18.0 Å². The average molecular weight is 310 g/mol. The summed E-state index contributed by atoms with van der Waals surface area (Å²) in [6.07, 6.45) is 0. The first-order chi connectivity index (χ1) is 10.0. The second-order valence-electron chi connectivity index (χ2n) is 4.62. The topological polar surface area (TPSA) is 30.5 Å². The number of halogens is 2. The molecule has 0 heterocycles. The zero-order valence-corrected chi connectivity index (χ0v) is 12.9. The van der Waals surface area contributed by atoms with Crippen LogP contribution in [0.15, 0.2) is 30.3 Å². The second kappa shape index (κ2) is 6.68. The second-order valence-corrected chi connectivity index (χ2v) is 5.03. The molecule has 0 aliphatic heterocycles. The van der Waals surface area contributed by atoms with Crippen molar-refractivity contribution in [2.45, 2.75) is 13.5 Å². The number of ether oxygens (including phenoxy) is 2. The Labute approximate surface area is 128 Å². The van der Waals surface area contributed by atoms with Gasteiger partial charge >= 0.3 is 0 Å². The largest absolute Gasteiger partial charge is 0.493 e. The molecule has 0 aliphatic carbocycles. The minimum absolute atomic E-state index is 0.126. The van der Waals surface area contributed by atoms with Gasteiger partial charge in [0, 0.05) is 18.3 Å². The van der Waals surface area contributed by atoms with Gasteiger partial charge in [0.15, 0.2) is 11.5 Å². The van der Waals surface area contributed by atoms with Gasteiger partial charge in [0.25, 0.3) is 0 Å². The SMILES string of the molecule is COc1cc(C)c(NCc2ccc(Cl)c(F)c2)cc1OC. The molecule has 2 aromatic rings. The van der Waals surface area contributed by atoms with Crippen LogP contribution in [0.2, 0.25) is 5.02 Å². The van der Waals surface area contributed by atoms with Crippen LogP contribution in [0.5, 0.6) is 11.5 Å². The summed E-state index contributed by atoms with van der Waals surface area (Å²) in [6, 6.07) is 8.51. The molecule has 0 amide bonds. The molecule has 1 N–H and O–H groups in total. The maximum Gasteiger partial charge on any atom is 0.162 e. The molecule has 2 rings (SSSR count). The number of methoxy groups -OCH3 is 2. The first-order valence-electron chi connectivity index (χ1n) is 6.45. The van der Waals surface area contributed by atoms with Crippen molar-refractivity contribution in [2.75, 3.05) is 19.5 Å². The highest BCUT2D eigenvalue weighted by Crippen LogP contribution is 2.33. The lowest BCUT2D eigenvalue weighted by Gasteiger charge is -2.14. The van der Waals surface area contributed by atoms with Crippen LogP contribution >= 0.6 is 11.6 Å². The Bertz CT molecular complexity index is 646. The summed E-state index contributed by atoms with van der Waals surface area (Å²) in [5.74, 6) is 0.908. The Morgan fingerprint density at radius 3 is 2.38 bits per heavy atom. The van der Waals surface area contributed by atoms with E-state index in [2.05, 4.69) is 5.32 Å². The van der Waals surface area contributed by atoms with Crippen LogP contribution in [0.25, 0.3) is 0 Å². The van der Waals surface area contributed by atoms with Crippen molar-refractivity contribution in [2.24, 2.45) is 0 Å².